The second-order valence-electron chi connectivity index (χ2n) is 3.61. The number of hydrogen-bond donors (Lipinski definition) is 1. The van der Waals surface area contributed by atoms with Gasteiger partial charge in [-0.2, -0.15) is 0 Å². The second kappa shape index (κ2) is 6.94. The third-order valence-electron chi connectivity index (χ3n) is 2.49. The van der Waals surface area contributed by atoms with E-state index in [2.05, 4.69) is 29.2 Å². The Hall–Kier alpha value is -1.51. The topological polar surface area (TPSA) is 29.3 Å². The first-order valence-electron chi connectivity index (χ1n) is 5.49. The standard InChI is InChI=1S/C14H16N2.ClH/c15-11-12-16(13-7-3-1-4-8-13)14-9-5-2-6-10-14;/h1-10H,11-12,15H2;1H. The van der Waals surface area contributed by atoms with Gasteiger partial charge in [0.2, 0.25) is 0 Å². The molecule has 0 aliphatic rings. The van der Waals surface area contributed by atoms with Crippen molar-refractivity contribution in [2.75, 3.05) is 18.0 Å². The Bertz CT molecular complexity index is 377. The maximum atomic E-state index is 5.66. The lowest BCUT2D eigenvalue weighted by Crippen LogP contribution is -2.24. The molecule has 0 aliphatic carbocycles. The molecule has 0 bridgehead atoms. The van der Waals surface area contributed by atoms with E-state index in [9.17, 15) is 0 Å². The number of anilines is 2. The summed E-state index contributed by atoms with van der Waals surface area (Å²) >= 11 is 0. The van der Waals surface area contributed by atoms with E-state index in [1.54, 1.807) is 0 Å². The average Bonchev–Trinajstić information content (AvgIpc) is 2.38. The van der Waals surface area contributed by atoms with Crippen LogP contribution in [0.5, 0.6) is 0 Å². The van der Waals surface area contributed by atoms with Crippen molar-refractivity contribution in [1.29, 1.82) is 0 Å². The first-order chi connectivity index (χ1) is 7.92. The number of rotatable bonds is 4. The van der Waals surface area contributed by atoms with Crippen molar-refractivity contribution in [3.63, 3.8) is 0 Å². The van der Waals surface area contributed by atoms with Crippen molar-refractivity contribution in [3.05, 3.63) is 60.7 Å². The summed E-state index contributed by atoms with van der Waals surface area (Å²) < 4.78 is 0. The third kappa shape index (κ3) is 3.48. The lowest BCUT2D eigenvalue weighted by molar-refractivity contribution is 0.922. The number of para-hydroxylation sites is 2. The normalized spacial score (nSPS) is 9.47. The monoisotopic (exact) mass is 248 g/mol. The molecule has 0 amide bonds. The molecule has 17 heavy (non-hydrogen) atoms. The summed E-state index contributed by atoms with van der Waals surface area (Å²) in [5.74, 6) is 0. The van der Waals surface area contributed by atoms with Crippen LogP contribution in [0.2, 0.25) is 0 Å². The predicted octanol–water partition coefficient (Wildman–Crippen LogP) is 3.21. The van der Waals surface area contributed by atoms with Crippen molar-refractivity contribution in [1.82, 2.24) is 0 Å². The van der Waals surface area contributed by atoms with Crippen LogP contribution in [-0.2, 0) is 0 Å². The fourth-order valence-electron chi connectivity index (χ4n) is 1.75. The summed E-state index contributed by atoms with van der Waals surface area (Å²) in [6.45, 7) is 1.47. The molecule has 0 aliphatic heterocycles. The van der Waals surface area contributed by atoms with Crippen LogP contribution < -0.4 is 10.6 Å². The van der Waals surface area contributed by atoms with E-state index in [1.807, 2.05) is 36.4 Å². The van der Waals surface area contributed by atoms with Gasteiger partial charge in [-0.25, -0.2) is 0 Å². The molecular weight excluding hydrogens is 232 g/mol. The summed E-state index contributed by atoms with van der Waals surface area (Å²) in [6, 6.07) is 20.6. The molecule has 0 heterocycles. The van der Waals surface area contributed by atoms with Crippen LogP contribution in [0.4, 0.5) is 11.4 Å². The Morgan fingerprint density at radius 2 is 1.18 bits per heavy atom. The Morgan fingerprint density at radius 3 is 1.53 bits per heavy atom. The van der Waals surface area contributed by atoms with Gasteiger partial charge in [-0.15, -0.1) is 12.4 Å². The fraction of sp³-hybridized carbons (Fsp3) is 0.143. The number of nitrogens with zero attached hydrogens (tertiary/aromatic N) is 1. The first-order valence-corrected chi connectivity index (χ1v) is 5.49. The van der Waals surface area contributed by atoms with Crippen molar-refractivity contribution in [3.8, 4) is 0 Å². The molecule has 0 atom stereocenters. The number of halogens is 1. The molecule has 0 saturated carbocycles. The highest BCUT2D eigenvalue weighted by Gasteiger charge is 2.06. The van der Waals surface area contributed by atoms with Crippen LogP contribution in [0.25, 0.3) is 0 Å². The highest BCUT2D eigenvalue weighted by Crippen LogP contribution is 2.23. The number of hydrogen-bond acceptors (Lipinski definition) is 2. The highest BCUT2D eigenvalue weighted by molar-refractivity contribution is 5.85. The molecule has 0 saturated heterocycles. The summed E-state index contributed by atoms with van der Waals surface area (Å²) in [5, 5.41) is 0. The van der Waals surface area contributed by atoms with E-state index in [4.69, 9.17) is 5.73 Å². The van der Waals surface area contributed by atoms with E-state index < -0.39 is 0 Å². The molecule has 0 fully saturated rings. The first kappa shape index (κ1) is 13.6. The SMILES string of the molecule is Cl.NCCN(c1ccccc1)c1ccccc1. The maximum absolute atomic E-state index is 5.66. The van der Waals surface area contributed by atoms with E-state index in [0.29, 0.717) is 6.54 Å². The van der Waals surface area contributed by atoms with Gasteiger partial charge in [0.1, 0.15) is 0 Å². The van der Waals surface area contributed by atoms with Gasteiger partial charge in [0.05, 0.1) is 0 Å². The lowest BCUT2D eigenvalue weighted by atomic mass is 10.2. The lowest BCUT2D eigenvalue weighted by Gasteiger charge is -2.24. The van der Waals surface area contributed by atoms with Crippen LogP contribution in [0.3, 0.4) is 0 Å². The smallest absolute Gasteiger partial charge is 0.0411 e. The molecule has 2 rings (SSSR count). The van der Waals surface area contributed by atoms with Crippen LogP contribution >= 0.6 is 12.4 Å². The summed E-state index contributed by atoms with van der Waals surface area (Å²) in [5.41, 5.74) is 8.02. The number of nitrogens with two attached hydrogens (primary N) is 1. The maximum Gasteiger partial charge on any atom is 0.0411 e. The minimum Gasteiger partial charge on any atom is -0.340 e. The molecule has 0 aromatic heterocycles. The van der Waals surface area contributed by atoms with Crippen molar-refractivity contribution < 1.29 is 0 Å². The molecule has 0 spiro atoms. The quantitative estimate of drug-likeness (QED) is 0.900. The van der Waals surface area contributed by atoms with Gasteiger partial charge in [-0.1, -0.05) is 36.4 Å². The zero-order chi connectivity index (χ0) is 11.2. The van der Waals surface area contributed by atoms with Gasteiger partial charge >= 0.3 is 0 Å². The summed E-state index contributed by atoms with van der Waals surface area (Å²) in [6.07, 6.45) is 0. The third-order valence-corrected chi connectivity index (χ3v) is 2.49. The average molecular weight is 249 g/mol. The second-order valence-corrected chi connectivity index (χ2v) is 3.61. The van der Waals surface area contributed by atoms with Gasteiger partial charge in [-0.05, 0) is 24.3 Å². The van der Waals surface area contributed by atoms with E-state index in [0.717, 1.165) is 6.54 Å². The minimum absolute atomic E-state index is 0. The largest absolute Gasteiger partial charge is 0.340 e. The van der Waals surface area contributed by atoms with E-state index in [1.165, 1.54) is 11.4 Å². The van der Waals surface area contributed by atoms with Gasteiger partial charge in [0, 0.05) is 24.5 Å². The molecule has 0 radical (unpaired) electrons. The van der Waals surface area contributed by atoms with Crippen LogP contribution in [0.1, 0.15) is 0 Å². The molecule has 2 N–H and O–H groups in total. The summed E-state index contributed by atoms with van der Waals surface area (Å²) in [7, 11) is 0. The van der Waals surface area contributed by atoms with E-state index in [-0.39, 0.29) is 12.4 Å². The Balaban J connectivity index is 0.00000144. The van der Waals surface area contributed by atoms with Crippen LogP contribution in [0.15, 0.2) is 60.7 Å². The molecule has 2 nitrogen and oxygen atoms in total. The van der Waals surface area contributed by atoms with Crippen LogP contribution in [-0.4, -0.2) is 13.1 Å². The van der Waals surface area contributed by atoms with Crippen molar-refractivity contribution >= 4 is 23.8 Å². The van der Waals surface area contributed by atoms with Gasteiger partial charge in [-0.3, -0.25) is 0 Å². The molecule has 3 heteroatoms. The highest BCUT2D eigenvalue weighted by atomic mass is 35.5. The van der Waals surface area contributed by atoms with Crippen LogP contribution in [0, 0.1) is 0 Å². The van der Waals surface area contributed by atoms with Crippen molar-refractivity contribution in [2.24, 2.45) is 5.73 Å². The van der Waals surface area contributed by atoms with Crippen molar-refractivity contribution in [2.45, 2.75) is 0 Å². The molecule has 0 unspecified atom stereocenters. The molecular formula is C14H17ClN2. The van der Waals surface area contributed by atoms with E-state index >= 15 is 0 Å². The number of benzene rings is 2. The summed E-state index contributed by atoms with van der Waals surface area (Å²) in [4.78, 5) is 2.22. The molecule has 2 aromatic carbocycles. The zero-order valence-corrected chi connectivity index (χ0v) is 10.4. The fourth-order valence-corrected chi connectivity index (χ4v) is 1.75. The molecule has 2 aromatic rings. The van der Waals surface area contributed by atoms with Gasteiger partial charge in [0.25, 0.3) is 0 Å². The Morgan fingerprint density at radius 1 is 0.765 bits per heavy atom. The minimum atomic E-state index is 0. The van der Waals surface area contributed by atoms with Gasteiger partial charge in [0.15, 0.2) is 0 Å². The molecule has 90 valence electrons. The van der Waals surface area contributed by atoms with Gasteiger partial charge < -0.3 is 10.6 Å². The Kier molecular flexibility index (Phi) is 5.53. The predicted molar refractivity (Wildman–Crippen MR) is 76.2 cm³/mol. The zero-order valence-electron chi connectivity index (χ0n) is 9.62. The Labute approximate surface area is 108 Å².